The minimum Gasteiger partial charge on any atom is -0.394 e. The zero-order chi connectivity index (χ0) is 30.6. The summed E-state index contributed by atoms with van der Waals surface area (Å²) in [6.07, 6.45) is -24.5. The van der Waals surface area contributed by atoms with E-state index in [1.807, 2.05) is 0 Å². The van der Waals surface area contributed by atoms with Gasteiger partial charge in [-0.25, -0.2) is 0 Å². The summed E-state index contributed by atoms with van der Waals surface area (Å²) in [6, 6.07) is 0. The van der Waals surface area contributed by atoms with Crippen LogP contribution in [0.3, 0.4) is 0 Å². The Morgan fingerprint density at radius 2 is 0.683 bits per heavy atom. The zero-order valence-corrected chi connectivity index (χ0v) is 21.8. The summed E-state index contributed by atoms with van der Waals surface area (Å²) < 4.78 is 32.3. The topological polar surface area (TPSA) is 324 Å². The van der Waals surface area contributed by atoms with Gasteiger partial charge in [0.2, 0.25) is 0 Å². The molecule has 15 atom stereocenters. The fraction of sp³-hybridized carbons (Fsp3) is 1.00. The third-order valence-corrected chi connectivity index (χ3v) is 7.15. The highest BCUT2D eigenvalue weighted by molar-refractivity contribution is 4.94. The Labute approximate surface area is 233 Å². The molecule has 3 saturated heterocycles. The molecule has 6 unspecified atom stereocenters. The van der Waals surface area contributed by atoms with Crippen molar-refractivity contribution in [3.05, 3.63) is 0 Å². The lowest BCUT2D eigenvalue weighted by Gasteiger charge is -2.43. The molecule has 14 N–H and O–H groups in total. The normalized spacial score (nSPS) is 47.2. The summed E-state index contributed by atoms with van der Waals surface area (Å²) in [7, 11) is 0. The number of aliphatic hydroxyl groups excluding tert-OH is 12. The first-order valence-corrected chi connectivity index (χ1v) is 12.8. The largest absolute Gasteiger partial charge is 0.394 e. The third-order valence-electron chi connectivity index (χ3n) is 7.15. The van der Waals surface area contributed by atoms with Crippen LogP contribution in [0.25, 0.3) is 0 Å². The van der Waals surface area contributed by atoms with Gasteiger partial charge in [0.25, 0.3) is 0 Å². The summed E-state index contributed by atoms with van der Waals surface area (Å²) in [5.41, 5.74) is 4.57. The Hall–Kier alpha value is -0.760. The second-order valence-electron chi connectivity index (χ2n) is 10.4. The van der Waals surface area contributed by atoms with Gasteiger partial charge in [-0.1, -0.05) is 0 Å². The van der Waals surface area contributed by atoms with Gasteiger partial charge in [0, 0.05) is 0 Å². The second kappa shape index (κ2) is 14.8. The van der Waals surface area contributed by atoms with E-state index in [2.05, 4.69) is 0 Å². The average molecular weight is 608 g/mol. The van der Waals surface area contributed by atoms with E-state index in [4.69, 9.17) is 34.2 Å². The number of nitrogens with two attached hydrogens (primary N) is 1. The van der Waals surface area contributed by atoms with E-state index < -0.39 is 137 Å². The molecule has 3 aliphatic heterocycles. The van der Waals surface area contributed by atoms with Crippen LogP contribution in [0.2, 0.25) is 0 Å². The predicted octanol–water partition coefficient (Wildman–Crippen LogP) is -8.87. The maximum atomic E-state index is 10.3. The Bertz CT molecular complexity index is 694. The van der Waals surface area contributed by atoms with Crippen LogP contribution >= 0.6 is 0 Å². The molecule has 0 saturated carbocycles. The van der Waals surface area contributed by atoms with Gasteiger partial charge in [0.15, 0.2) is 18.9 Å². The van der Waals surface area contributed by atoms with E-state index in [-0.39, 0.29) is 0 Å². The van der Waals surface area contributed by atoms with Crippen LogP contribution in [-0.4, -0.2) is 199 Å². The van der Waals surface area contributed by atoms with Crippen molar-refractivity contribution >= 4 is 0 Å². The summed E-state index contributed by atoms with van der Waals surface area (Å²) in [5.74, 6) is 0. The maximum Gasteiger partial charge on any atom is 0.186 e. The number of rotatable bonds is 12. The zero-order valence-electron chi connectivity index (χ0n) is 21.8. The van der Waals surface area contributed by atoms with Crippen LogP contribution in [0.5, 0.6) is 0 Å². The van der Waals surface area contributed by atoms with E-state index in [0.29, 0.717) is 0 Å². The molecule has 0 aliphatic carbocycles. The van der Waals surface area contributed by atoms with Crippen LogP contribution in [0.15, 0.2) is 0 Å². The first-order chi connectivity index (χ1) is 19.3. The first-order valence-electron chi connectivity index (χ1n) is 12.8. The molecule has 0 amide bonds. The van der Waals surface area contributed by atoms with E-state index in [1.54, 1.807) is 0 Å². The van der Waals surface area contributed by atoms with Gasteiger partial charge in [-0.3, -0.25) is 0 Å². The van der Waals surface area contributed by atoms with Gasteiger partial charge in [0.05, 0.1) is 45.2 Å². The number of hydrogen-bond acceptors (Lipinski definition) is 19. The van der Waals surface area contributed by atoms with Crippen LogP contribution < -0.4 is 5.73 Å². The molecule has 3 aliphatic rings. The second-order valence-corrected chi connectivity index (χ2v) is 10.4. The summed E-state index contributed by atoms with van der Waals surface area (Å²) in [4.78, 5) is 0. The van der Waals surface area contributed by atoms with Crippen molar-refractivity contribution in [3.63, 3.8) is 0 Å². The van der Waals surface area contributed by atoms with Gasteiger partial charge in [0.1, 0.15) is 73.2 Å². The standard InChI is InChI=1S/C22H41NO18/c23-22(4-36-19-16(33)13(30)10(27)7(1-24)39-19,5-37-20-17(34)14(31)11(28)8(2-25)40-20)6-38-21-18(35)15(32)12(29)9(3-26)41-21/h7-21,24-35H,1-6,23H2/t7?,8?,9?,10-,11-,12-,13+,14?,15?,16?,17+,18+,19+,20+,21+,22?/m1/s1. The van der Waals surface area contributed by atoms with Gasteiger partial charge in [-0.05, 0) is 0 Å². The van der Waals surface area contributed by atoms with Gasteiger partial charge < -0.3 is 95.4 Å². The van der Waals surface area contributed by atoms with Crippen molar-refractivity contribution in [2.75, 3.05) is 39.6 Å². The Kier molecular flexibility index (Phi) is 12.5. The third kappa shape index (κ3) is 7.85. The van der Waals surface area contributed by atoms with Crippen LogP contribution in [0, 0.1) is 0 Å². The van der Waals surface area contributed by atoms with Gasteiger partial charge in [-0.15, -0.1) is 0 Å². The first kappa shape index (κ1) is 34.7. The molecular formula is C22H41NO18. The molecule has 3 rings (SSSR count). The fourth-order valence-corrected chi connectivity index (χ4v) is 4.48. The summed E-state index contributed by atoms with van der Waals surface area (Å²) in [5, 5.41) is 119. The number of hydrogen-bond donors (Lipinski definition) is 13. The summed E-state index contributed by atoms with van der Waals surface area (Å²) in [6.45, 7) is -4.16. The van der Waals surface area contributed by atoms with Crippen molar-refractivity contribution in [2.45, 2.75) is 97.7 Å². The molecule has 3 heterocycles. The van der Waals surface area contributed by atoms with Gasteiger partial charge >= 0.3 is 0 Å². The van der Waals surface area contributed by atoms with E-state index >= 15 is 0 Å². The van der Waals surface area contributed by atoms with E-state index in [1.165, 1.54) is 0 Å². The lowest BCUT2D eigenvalue weighted by atomic mass is 9.98. The minimum atomic E-state index is -1.84. The quantitative estimate of drug-likeness (QED) is 0.0979. The molecule has 19 nitrogen and oxygen atoms in total. The molecule has 19 heteroatoms. The molecular weight excluding hydrogens is 566 g/mol. The van der Waals surface area contributed by atoms with Gasteiger partial charge in [-0.2, -0.15) is 0 Å². The molecule has 3 fully saturated rings. The predicted molar refractivity (Wildman–Crippen MR) is 126 cm³/mol. The SMILES string of the molecule is NC(CO[C@H]1OC(CO)[C@@H](O)[C@H](O)C1O)(CO[C@H]1OC(CO)[C@@H](O)C(O)[C@@H]1O)CO[C@H]1OC(CO)[C@@H](O)C(O)[C@@H]1O. The molecule has 242 valence electrons. The lowest BCUT2D eigenvalue weighted by Crippen LogP contribution is -2.63. The van der Waals surface area contributed by atoms with Crippen molar-refractivity contribution in [2.24, 2.45) is 5.73 Å². The van der Waals surface area contributed by atoms with Crippen molar-refractivity contribution in [1.82, 2.24) is 0 Å². The lowest BCUT2D eigenvalue weighted by molar-refractivity contribution is -0.322. The molecule has 0 radical (unpaired) electrons. The van der Waals surface area contributed by atoms with Crippen molar-refractivity contribution < 1.29 is 89.7 Å². The van der Waals surface area contributed by atoms with Crippen molar-refractivity contribution in [3.8, 4) is 0 Å². The fourth-order valence-electron chi connectivity index (χ4n) is 4.48. The molecule has 0 bridgehead atoms. The Balaban J connectivity index is 1.73. The van der Waals surface area contributed by atoms with E-state index in [0.717, 1.165) is 0 Å². The van der Waals surface area contributed by atoms with Crippen LogP contribution in [0.1, 0.15) is 0 Å². The smallest absolute Gasteiger partial charge is 0.186 e. The molecule has 0 aromatic carbocycles. The van der Waals surface area contributed by atoms with Crippen molar-refractivity contribution in [1.29, 1.82) is 0 Å². The molecule has 0 aromatic heterocycles. The highest BCUT2D eigenvalue weighted by Crippen LogP contribution is 2.27. The Morgan fingerprint density at radius 3 is 0.902 bits per heavy atom. The highest BCUT2D eigenvalue weighted by atomic mass is 16.7. The van der Waals surface area contributed by atoms with Crippen LogP contribution in [0.4, 0.5) is 0 Å². The monoisotopic (exact) mass is 607 g/mol. The molecule has 0 aromatic rings. The molecule has 0 spiro atoms. The number of aliphatic hydroxyl groups is 12. The van der Waals surface area contributed by atoms with Crippen LogP contribution in [-0.2, 0) is 28.4 Å². The minimum absolute atomic E-state index is 0.648. The number of ether oxygens (including phenoxy) is 6. The van der Waals surface area contributed by atoms with E-state index in [9.17, 15) is 61.3 Å². The Morgan fingerprint density at radius 1 is 0.439 bits per heavy atom. The molecule has 41 heavy (non-hydrogen) atoms. The summed E-state index contributed by atoms with van der Waals surface area (Å²) >= 11 is 0. The highest BCUT2D eigenvalue weighted by Gasteiger charge is 2.48. The maximum absolute atomic E-state index is 10.3. The average Bonchev–Trinajstić information content (AvgIpc) is 2.96.